The summed E-state index contributed by atoms with van der Waals surface area (Å²) in [4.78, 5) is 35.9. The first kappa shape index (κ1) is 22.4. The van der Waals surface area contributed by atoms with E-state index < -0.39 is 17.5 Å². The van der Waals surface area contributed by atoms with Gasteiger partial charge in [-0.05, 0) is 56.0 Å². The van der Waals surface area contributed by atoms with Gasteiger partial charge >= 0.3 is 0 Å². The average Bonchev–Trinajstić information content (AvgIpc) is 3.57. The van der Waals surface area contributed by atoms with Gasteiger partial charge in [0.2, 0.25) is 11.8 Å². The highest BCUT2D eigenvalue weighted by Gasteiger charge is 2.29. The van der Waals surface area contributed by atoms with Gasteiger partial charge in [0.25, 0.3) is 5.91 Å². The first-order valence-electron chi connectivity index (χ1n) is 10.3. The Morgan fingerprint density at radius 1 is 1.06 bits per heavy atom. The van der Waals surface area contributed by atoms with Crippen LogP contribution in [-0.2, 0) is 9.59 Å². The molecule has 1 atom stereocenters. The van der Waals surface area contributed by atoms with Crippen molar-refractivity contribution in [3.05, 3.63) is 65.2 Å². The minimum Gasteiger partial charge on any atom is -0.352 e. The fourth-order valence-corrected chi connectivity index (χ4v) is 3.06. The largest absolute Gasteiger partial charge is 0.352 e. The van der Waals surface area contributed by atoms with Crippen LogP contribution in [0.5, 0.6) is 0 Å². The number of benzene rings is 2. The molecule has 0 radical (unpaired) electrons. The predicted octanol–water partition coefficient (Wildman–Crippen LogP) is 3.70. The van der Waals surface area contributed by atoms with Crippen molar-refractivity contribution in [3.63, 3.8) is 0 Å². The Balaban J connectivity index is 1.37. The summed E-state index contributed by atoms with van der Waals surface area (Å²) in [6.07, 6.45) is 2.45. The highest BCUT2D eigenvalue weighted by Crippen LogP contribution is 2.30. The average molecular weight is 429 g/mol. The summed E-state index contributed by atoms with van der Waals surface area (Å²) in [6, 6.07) is 9.85. The Morgan fingerprint density at radius 2 is 1.77 bits per heavy atom. The van der Waals surface area contributed by atoms with E-state index in [2.05, 4.69) is 16.0 Å². The number of amides is 3. The first-order valence-corrected chi connectivity index (χ1v) is 10.3. The summed E-state index contributed by atoms with van der Waals surface area (Å²) < 4.78 is 26.5. The number of halogens is 2. The van der Waals surface area contributed by atoms with Crippen LogP contribution in [0.1, 0.15) is 54.6 Å². The van der Waals surface area contributed by atoms with Gasteiger partial charge in [-0.15, -0.1) is 0 Å². The molecular weight excluding hydrogens is 404 g/mol. The molecule has 0 spiro atoms. The smallest absolute Gasteiger partial charge is 0.254 e. The van der Waals surface area contributed by atoms with Gasteiger partial charge in [-0.25, -0.2) is 8.78 Å². The van der Waals surface area contributed by atoms with Crippen molar-refractivity contribution in [2.75, 3.05) is 11.9 Å². The lowest BCUT2D eigenvalue weighted by Gasteiger charge is -2.15. The molecule has 2 aromatic rings. The fourth-order valence-electron chi connectivity index (χ4n) is 3.06. The summed E-state index contributed by atoms with van der Waals surface area (Å²) in [5.74, 6) is -2.33. The highest BCUT2D eigenvalue weighted by atomic mass is 19.1. The monoisotopic (exact) mass is 429 g/mol. The number of rotatable bonds is 9. The second-order valence-corrected chi connectivity index (χ2v) is 7.66. The zero-order valence-electron chi connectivity index (χ0n) is 17.2. The van der Waals surface area contributed by atoms with E-state index >= 15 is 0 Å². The molecule has 1 fully saturated rings. The van der Waals surface area contributed by atoms with Crippen LogP contribution < -0.4 is 16.0 Å². The molecule has 0 saturated heterocycles. The third kappa shape index (κ3) is 6.60. The molecule has 1 aliphatic rings. The van der Waals surface area contributed by atoms with Crippen LogP contribution in [0.4, 0.5) is 14.5 Å². The Morgan fingerprint density at radius 3 is 2.42 bits per heavy atom. The second-order valence-electron chi connectivity index (χ2n) is 7.66. The van der Waals surface area contributed by atoms with Crippen LogP contribution in [0.3, 0.4) is 0 Å². The van der Waals surface area contributed by atoms with Gasteiger partial charge in [-0.2, -0.15) is 0 Å². The predicted molar refractivity (Wildman–Crippen MR) is 112 cm³/mol. The van der Waals surface area contributed by atoms with Crippen LogP contribution in [0.25, 0.3) is 0 Å². The van der Waals surface area contributed by atoms with E-state index in [-0.39, 0.29) is 42.3 Å². The molecule has 1 unspecified atom stereocenters. The molecule has 0 heterocycles. The topological polar surface area (TPSA) is 87.3 Å². The molecule has 1 saturated carbocycles. The molecule has 0 bridgehead atoms. The number of nitrogens with one attached hydrogen (secondary N) is 3. The normalized spacial score (nSPS) is 13.9. The zero-order valence-corrected chi connectivity index (χ0v) is 17.2. The standard InChI is InChI=1S/C23H25F2N3O3/c1-14(15-6-9-18(10-7-15)28-22(30)16-4-5-16)27-21(29)3-2-12-26-23(31)19-11-8-17(24)13-20(19)25/h6-11,13-14,16H,2-5,12H2,1H3,(H,26,31)(H,27,29)(H,28,30). The summed E-state index contributed by atoms with van der Waals surface area (Å²) >= 11 is 0. The fraction of sp³-hybridized carbons (Fsp3) is 0.348. The summed E-state index contributed by atoms with van der Waals surface area (Å²) in [7, 11) is 0. The van der Waals surface area contributed by atoms with Crippen molar-refractivity contribution in [3.8, 4) is 0 Å². The first-order chi connectivity index (χ1) is 14.8. The Labute approximate surface area is 179 Å². The van der Waals surface area contributed by atoms with Crippen LogP contribution in [0.15, 0.2) is 42.5 Å². The van der Waals surface area contributed by atoms with Gasteiger partial charge in [0.05, 0.1) is 11.6 Å². The molecule has 3 N–H and O–H groups in total. The van der Waals surface area contributed by atoms with Gasteiger partial charge in [-0.1, -0.05) is 12.1 Å². The Kier molecular flexibility index (Phi) is 7.33. The third-order valence-electron chi connectivity index (χ3n) is 5.05. The van der Waals surface area contributed by atoms with Gasteiger partial charge in [-0.3, -0.25) is 14.4 Å². The second kappa shape index (κ2) is 10.1. The molecule has 164 valence electrons. The number of hydrogen-bond donors (Lipinski definition) is 3. The molecule has 31 heavy (non-hydrogen) atoms. The number of carbonyl (C=O) groups excluding carboxylic acids is 3. The van der Waals surface area contributed by atoms with Crippen molar-refractivity contribution in [1.82, 2.24) is 10.6 Å². The van der Waals surface area contributed by atoms with Crippen molar-refractivity contribution < 1.29 is 23.2 Å². The number of anilines is 1. The molecule has 3 rings (SSSR count). The van der Waals surface area contributed by atoms with Crippen LogP contribution in [0, 0.1) is 17.6 Å². The van der Waals surface area contributed by atoms with Gasteiger partial charge < -0.3 is 16.0 Å². The van der Waals surface area contributed by atoms with Gasteiger partial charge in [0, 0.05) is 30.6 Å². The van der Waals surface area contributed by atoms with Crippen molar-refractivity contribution in [1.29, 1.82) is 0 Å². The van der Waals surface area contributed by atoms with Gasteiger partial charge in [0.15, 0.2) is 0 Å². The summed E-state index contributed by atoms with van der Waals surface area (Å²) in [5, 5.41) is 8.27. The lowest BCUT2D eigenvalue weighted by atomic mass is 10.1. The highest BCUT2D eigenvalue weighted by molar-refractivity contribution is 5.94. The zero-order chi connectivity index (χ0) is 22.4. The minimum atomic E-state index is -0.929. The van der Waals surface area contributed by atoms with E-state index in [0.29, 0.717) is 12.5 Å². The molecular formula is C23H25F2N3O3. The maximum atomic E-state index is 13.6. The summed E-state index contributed by atoms with van der Waals surface area (Å²) in [6.45, 7) is 2.04. The Hall–Kier alpha value is -3.29. The minimum absolute atomic E-state index is 0.0448. The van der Waals surface area contributed by atoms with Crippen molar-refractivity contribution >= 4 is 23.4 Å². The molecule has 0 aromatic heterocycles. The van der Waals surface area contributed by atoms with E-state index in [4.69, 9.17) is 0 Å². The van der Waals surface area contributed by atoms with Crippen LogP contribution >= 0.6 is 0 Å². The van der Waals surface area contributed by atoms with E-state index in [0.717, 1.165) is 36.2 Å². The molecule has 6 nitrogen and oxygen atoms in total. The maximum absolute atomic E-state index is 13.6. The van der Waals surface area contributed by atoms with Gasteiger partial charge in [0.1, 0.15) is 11.6 Å². The van der Waals surface area contributed by atoms with Crippen molar-refractivity contribution in [2.45, 2.75) is 38.6 Å². The lowest BCUT2D eigenvalue weighted by Crippen LogP contribution is -2.29. The lowest BCUT2D eigenvalue weighted by molar-refractivity contribution is -0.121. The van der Waals surface area contributed by atoms with Crippen LogP contribution in [-0.4, -0.2) is 24.3 Å². The number of hydrogen-bond acceptors (Lipinski definition) is 3. The van der Waals surface area contributed by atoms with E-state index in [1.54, 1.807) is 0 Å². The third-order valence-corrected chi connectivity index (χ3v) is 5.05. The summed E-state index contributed by atoms with van der Waals surface area (Å²) in [5.41, 5.74) is 1.39. The van der Waals surface area contributed by atoms with E-state index in [1.807, 2.05) is 31.2 Å². The molecule has 8 heteroatoms. The maximum Gasteiger partial charge on any atom is 0.254 e. The molecule has 1 aliphatic carbocycles. The number of carbonyl (C=O) groups is 3. The Bertz CT molecular complexity index is 959. The van der Waals surface area contributed by atoms with E-state index in [1.165, 1.54) is 0 Å². The van der Waals surface area contributed by atoms with Crippen LogP contribution in [0.2, 0.25) is 0 Å². The van der Waals surface area contributed by atoms with E-state index in [9.17, 15) is 23.2 Å². The van der Waals surface area contributed by atoms with Crippen molar-refractivity contribution in [2.24, 2.45) is 5.92 Å². The molecule has 0 aliphatic heterocycles. The quantitative estimate of drug-likeness (QED) is 0.531. The molecule has 2 aromatic carbocycles. The SMILES string of the molecule is CC(NC(=O)CCCNC(=O)c1ccc(F)cc1F)c1ccc(NC(=O)C2CC2)cc1. The molecule has 3 amide bonds.